The summed E-state index contributed by atoms with van der Waals surface area (Å²) < 4.78 is 11.5. The van der Waals surface area contributed by atoms with Gasteiger partial charge < -0.3 is 14.4 Å². The van der Waals surface area contributed by atoms with E-state index in [-0.39, 0.29) is 42.7 Å². The average Bonchev–Trinajstić information content (AvgIpc) is 3.06. The lowest BCUT2D eigenvalue weighted by atomic mass is 10.1. The van der Waals surface area contributed by atoms with Crippen molar-refractivity contribution < 1.29 is 23.9 Å². The lowest BCUT2D eigenvalue weighted by Crippen LogP contribution is -2.41. The molecular weight excluding hydrogens is 416 g/mol. The van der Waals surface area contributed by atoms with Crippen LogP contribution in [0.15, 0.2) is 48.5 Å². The molecule has 0 radical (unpaired) electrons. The normalized spacial score (nSPS) is 17.3. The van der Waals surface area contributed by atoms with Crippen molar-refractivity contribution in [2.45, 2.75) is 6.23 Å². The van der Waals surface area contributed by atoms with Gasteiger partial charge in [0, 0.05) is 17.1 Å². The number of rotatable bonds is 6. The van der Waals surface area contributed by atoms with Crippen LogP contribution < -0.4 is 4.74 Å². The number of ether oxygens (including phenoxy) is 2. The summed E-state index contributed by atoms with van der Waals surface area (Å²) in [5, 5.41) is 0.108. The van der Waals surface area contributed by atoms with Gasteiger partial charge in [-0.15, -0.1) is 0 Å². The smallest absolute Gasteiger partial charge is 0.291 e. The molecule has 7 nitrogen and oxygen atoms in total. The minimum atomic E-state index is -0.839. The fourth-order valence-electron chi connectivity index (χ4n) is 3.14. The maximum absolute atomic E-state index is 12.7. The zero-order valence-electron chi connectivity index (χ0n) is 15.2. The lowest BCUT2D eigenvalue weighted by Gasteiger charge is -2.30. The Morgan fingerprint density at radius 2 is 1.93 bits per heavy atom. The first kappa shape index (κ1) is 19.8. The Kier molecular flexibility index (Phi) is 5.75. The standard InChI is InChI=1S/C20H17ClN2O5S/c21-14-6-7-16-15(10-14)18(25)22(12-28-16)8-9-27-19(13-4-2-1-3-5-13)23-17(24)11-29-20(23)26/h1-7,10,19H,8-9,11-12H2. The molecule has 0 bridgehead atoms. The Balaban J connectivity index is 1.45. The Labute approximate surface area is 176 Å². The average molecular weight is 433 g/mol. The van der Waals surface area contributed by atoms with Crippen LogP contribution in [0.25, 0.3) is 0 Å². The molecule has 0 N–H and O–H groups in total. The molecule has 0 saturated carbocycles. The van der Waals surface area contributed by atoms with E-state index in [1.54, 1.807) is 30.3 Å². The van der Waals surface area contributed by atoms with Gasteiger partial charge >= 0.3 is 0 Å². The van der Waals surface area contributed by atoms with Crippen molar-refractivity contribution in [1.29, 1.82) is 0 Å². The summed E-state index contributed by atoms with van der Waals surface area (Å²) in [7, 11) is 0. The summed E-state index contributed by atoms with van der Waals surface area (Å²) in [4.78, 5) is 39.7. The van der Waals surface area contributed by atoms with E-state index in [1.807, 2.05) is 18.2 Å². The van der Waals surface area contributed by atoms with Crippen molar-refractivity contribution in [1.82, 2.24) is 9.80 Å². The second-order valence-corrected chi connectivity index (χ2v) is 7.80. The van der Waals surface area contributed by atoms with Gasteiger partial charge in [-0.2, -0.15) is 0 Å². The Bertz CT molecular complexity index is 939. The molecule has 150 valence electrons. The lowest BCUT2D eigenvalue weighted by molar-refractivity contribution is -0.136. The monoisotopic (exact) mass is 432 g/mol. The summed E-state index contributed by atoms with van der Waals surface area (Å²) in [6, 6.07) is 13.9. The zero-order valence-corrected chi connectivity index (χ0v) is 16.8. The van der Waals surface area contributed by atoms with Crippen molar-refractivity contribution >= 4 is 40.4 Å². The van der Waals surface area contributed by atoms with Gasteiger partial charge in [0.25, 0.3) is 11.1 Å². The first-order valence-corrected chi connectivity index (χ1v) is 10.3. The van der Waals surface area contributed by atoms with Gasteiger partial charge in [-0.3, -0.25) is 14.4 Å². The molecule has 2 aromatic carbocycles. The van der Waals surface area contributed by atoms with Crippen LogP contribution in [0.1, 0.15) is 22.1 Å². The minimum absolute atomic E-state index is 0.0876. The number of carbonyl (C=O) groups is 3. The Morgan fingerprint density at radius 1 is 1.14 bits per heavy atom. The molecule has 1 saturated heterocycles. The molecule has 2 heterocycles. The molecule has 2 aliphatic rings. The van der Waals surface area contributed by atoms with E-state index in [1.165, 1.54) is 4.90 Å². The molecule has 0 spiro atoms. The number of nitrogens with zero attached hydrogens (tertiary/aromatic N) is 2. The predicted molar refractivity (Wildman–Crippen MR) is 108 cm³/mol. The van der Waals surface area contributed by atoms with Crippen molar-refractivity contribution in [2.24, 2.45) is 0 Å². The number of amides is 3. The van der Waals surface area contributed by atoms with E-state index in [0.29, 0.717) is 21.9 Å². The SMILES string of the molecule is O=C1c2cc(Cl)ccc2OCN1CCOC(c1ccccc1)N1C(=O)CSC1=O. The molecular formula is C20H17ClN2O5S. The van der Waals surface area contributed by atoms with Gasteiger partial charge in [0.2, 0.25) is 5.91 Å². The van der Waals surface area contributed by atoms with E-state index >= 15 is 0 Å². The maximum Gasteiger partial charge on any atom is 0.291 e. The third-order valence-corrected chi connectivity index (χ3v) is 5.65. The second kappa shape index (κ2) is 8.44. The molecule has 2 aliphatic heterocycles. The number of thioether (sulfide) groups is 1. The van der Waals surface area contributed by atoms with Crippen molar-refractivity contribution in [2.75, 3.05) is 25.6 Å². The van der Waals surface area contributed by atoms with Crippen LogP contribution in [-0.2, 0) is 9.53 Å². The zero-order chi connectivity index (χ0) is 20.4. The highest BCUT2D eigenvalue weighted by Gasteiger charge is 2.37. The fraction of sp³-hybridized carbons (Fsp3) is 0.250. The molecule has 3 amide bonds. The summed E-state index contributed by atoms with van der Waals surface area (Å²) >= 11 is 6.93. The molecule has 0 aliphatic carbocycles. The number of fused-ring (bicyclic) bond motifs is 1. The van der Waals surface area contributed by atoms with E-state index in [2.05, 4.69) is 0 Å². The van der Waals surface area contributed by atoms with E-state index in [9.17, 15) is 14.4 Å². The molecule has 29 heavy (non-hydrogen) atoms. The minimum Gasteiger partial charge on any atom is -0.472 e. The van der Waals surface area contributed by atoms with Gasteiger partial charge in [-0.05, 0) is 18.2 Å². The third-order valence-electron chi connectivity index (χ3n) is 4.58. The Morgan fingerprint density at radius 3 is 2.66 bits per heavy atom. The van der Waals surface area contributed by atoms with Gasteiger partial charge in [0.1, 0.15) is 5.75 Å². The quantitative estimate of drug-likeness (QED) is 0.694. The van der Waals surface area contributed by atoms with Crippen molar-refractivity contribution in [3.05, 3.63) is 64.7 Å². The topological polar surface area (TPSA) is 76.2 Å². The van der Waals surface area contributed by atoms with Gasteiger partial charge in [-0.25, -0.2) is 4.90 Å². The molecule has 0 aromatic heterocycles. The molecule has 2 aromatic rings. The summed E-state index contributed by atoms with van der Waals surface area (Å²) in [5.41, 5.74) is 1.08. The number of benzene rings is 2. The van der Waals surface area contributed by atoms with Crippen molar-refractivity contribution in [3.8, 4) is 5.75 Å². The number of hydrogen-bond donors (Lipinski definition) is 0. The van der Waals surface area contributed by atoms with Crippen LogP contribution in [0.3, 0.4) is 0 Å². The van der Waals surface area contributed by atoms with E-state index < -0.39 is 6.23 Å². The highest BCUT2D eigenvalue weighted by Crippen LogP contribution is 2.31. The number of halogens is 1. The third kappa shape index (κ3) is 4.10. The highest BCUT2D eigenvalue weighted by molar-refractivity contribution is 8.14. The number of hydrogen-bond acceptors (Lipinski definition) is 6. The van der Waals surface area contributed by atoms with Gasteiger partial charge in [0.05, 0.1) is 17.9 Å². The van der Waals surface area contributed by atoms with Gasteiger partial charge in [0.15, 0.2) is 13.0 Å². The highest BCUT2D eigenvalue weighted by atomic mass is 35.5. The molecule has 4 rings (SSSR count). The van der Waals surface area contributed by atoms with E-state index in [4.69, 9.17) is 21.1 Å². The summed E-state index contributed by atoms with van der Waals surface area (Å²) in [5.74, 6) is 0.0814. The number of imide groups is 1. The summed E-state index contributed by atoms with van der Waals surface area (Å²) in [6.07, 6.45) is -0.839. The van der Waals surface area contributed by atoms with Crippen LogP contribution in [0.4, 0.5) is 4.79 Å². The van der Waals surface area contributed by atoms with E-state index in [0.717, 1.165) is 16.7 Å². The molecule has 1 atom stereocenters. The van der Waals surface area contributed by atoms with Crippen LogP contribution in [0, 0.1) is 0 Å². The maximum atomic E-state index is 12.7. The first-order chi connectivity index (χ1) is 14.0. The molecule has 1 fully saturated rings. The second-order valence-electron chi connectivity index (χ2n) is 6.43. The molecule has 9 heteroatoms. The van der Waals surface area contributed by atoms with Crippen LogP contribution in [0.2, 0.25) is 5.02 Å². The van der Waals surface area contributed by atoms with Crippen LogP contribution >= 0.6 is 23.4 Å². The van der Waals surface area contributed by atoms with Crippen LogP contribution in [-0.4, -0.2) is 52.5 Å². The van der Waals surface area contributed by atoms with Crippen LogP contribution in [0.5, 0.6) is 5.75 Å². The van der Waals surface area contributed by atoms with Crippen molar-refractivity contribution in [3.63, 3.8) is 0 Å². The first-order valence-electron chi connectivity index (χ1n) is 8.91. The number of carbonyl (C=O) groups excluding carboxylic acids is 3. The fourth-order valence-corrected chi connectivity index (χ4v) is 4.04. The molecule has 1 unspecified atom stereocenters. The van der Waals surface area contributed by atoms with Gasteiger partial charge in [-0.1, -0.05) is 53.7 Å². The summed E-state index contributed by atoms with van der Waals surface area (Å²) in [6.45, 7) is 0.439. The predicted octanol–water partition coefficient (Wildman–Crippen LogP) is 3.54. The Hall–Kier alpha value is -2.55. The largest absolute Gasteiger partial charge is 0.472 e.